The molecule has 0 amide bonds. The van der Waals surface area contributed by atoms with Crippen molar-refractivity contribution in [2.45, 2.75) is 25.9 Å². The Labute approximate surface area is 91.9 Å². The topological polar surface area (TPSA) is 58.0 Å². The van der Waals surface area contributed by atoms with Gasteiger partial charge in [-0.25, -0.2) is 9.97 Å². The third-order valence-corrected chi connectivity index (χ3v) is 2.11. The second-order valence-corrected chi connectivity index (χ2v) is 4.06. The van der Waals surface area contributed by atoms with Crippen LogP contribution in [-0.4, -0.2) is 27.7 Å². The minimum absolute atomic E-state index is 0.234. The molecule has 1 atom stereocenters. The van der Waals surface area contributed by atoms with E-state index in [-0.39, 0.29) is 6.10 Å². The summed E-state index contributed by atoms with van der Waals surface area (Å²) >= 11 is 3.26. The number of aliphatic hydroxyl groups excluding tert-OH is 1. The summed E-state index contributed by atoms with van der Waals surface area (Å²) in [4.78, 5) is 8.13. The van der Waals surface area contributed by atoms with Crippen LogP contribution in [0.25, 0.3) is 0 Å². The van der Waals surface area contributed by atoms with Gasteiger partial charge in [0, 0.05) is 18.9 Å². The van der Waals surface area contributed by atoms with Crippen LogP contribution in [-0.2, 0) is 0 Å². The normalized spacial score (nSPS) is 12.5. The lowest BCUT2D eigenvalue weighted by atomic mass is 10.2. The lowest BCUT2D eigenvalue weighted by Crippen LogP contribution is -2.08. The molecule has 0 aliphatic rings. The van der Waals surface area contributed by atoms with Crippen molar-refractivity contribution in [3.05, 3.63) is 16.9 Å². The predicted molar refractivity (Wildman–Crippen MR) is 59.1 cm³/mol. The summed E-state index contributed by atoms with van der Waals surface area (Å²) in [7, 11) is 0. The summed E-state index contributed by atoms with van der Waals surface area (Å²) in [5, 5.41) is 12.1. The van der Waals surface area contributed by atoms with Gasteiger partial charge in [-0.1, -0.05) is 0 Å². The molecule has 1 aromatic rings. The second kappa shape index (κ2) is 5.93. The van der Waals surface area contributed by atoms with Gasteiger partial charge in [0.2, 0.25) is 5.95 Å². The Bertz CT molecular complexity index is 263. The third-order valence-electron chi connectivity index (χ3n) is 1.70. The molecule has 5 heteroatoms. The molecule has 0 fully saturated rings. The number of nitrogens with zero attached hydrogens (tertiary/aromatic N) is 2. The zero-order chi connectivity index (χ0) is 10.4. The molecule has 0 aliphatic heterocycles. The molecule has 0 bridgehead atoms. The van der Waals surface area contributed by atoms with E-state index in [0.717, 1.165) is 23.9 Å². The fraction of sp³-hybridized carbons (Fsp3) is 0.556. The molecule has 78 valence electrons. The molecular weight excluding hydrogens is 246 g/mol. The van der Waals surface area contributed by atoms with E-state index < -0.39 is 0 Å². The molecule has 14 heavy (non-hydrogen) atoms. The first-order valence-electron chi connectivity index (χ1n) is 4.58. The average Bonchev–Trinajstić information content (AvgIpc) is 2.15. The van der Waals surface area contributed by atoms with Crippen LogP contribution in [0.4, 0.5) is 5.95 Å². The largest absolute Gasteiger partial charge is 0.393 e. The quantitative estimate of drug-likeness (QED) is 0.793. The second-order valence-electron chi connectivity index (χ2n) is 3.14. The number of aromatic nitrogens is 2. The van der Waals surface area contributed by atoms with E-state index in [4.69, 9.17) is 5.11 Å². The summed E-state index contributed by atoms with van der Waals surface area (Å²) in [6.45, 7) is 2.57. The third kappa shape index (κ3) is 4.53. The van der Waals surface area contributed by atoms with Gasteiger partial charge in [-0.15, -0.1) is 0 Å². The molecule has 0 spiro atoms. The van der Waals surface area contributed by atoms with E-state index in [1.54, 1.807) is 19.3 Å². The fourth-order valence-corrected chi connectivity index (χ4v) is 1.21. The Kier molecular flexibility index (Phi) is 4.82. The molecule has 2 N–H and O–H groups in total. The first-order chi connectivity index (χ1) is 6.68. The minimum atomic E-state index is -0.234. The summed E-state index contributed by atoms with van der Waals surface area (Å²) in [6.07, 6.45) is 4.87. The highest BCUT2D eigenvalue weighted by molar-refractivity contribution is 9.10. The van der Waals surface area contributed by atoms with E-state index >= 15 is 0 Å². The average molecular weight is 260 g/mol. The molecule has 0 aromatic carbocycles. The zero-order valence-electron chi connectivity index (χ0n) is 8.07. The van der Waals surface area contributed by atoms with Crippen molar-refractivity contribution < 1.29 is 5.11 Å². The SMILES string of the molecule is CC(O)CCCNc1ncc(Br)cn1. The molecule has 0 saturated heterocycles. The zero-order valence-corrected chi connectivity index (χ0v) is 9.66. The Morgan fingerprint density at radius 3 is 2.71 bits per heavy atom. The van der Waals surface area contributed by atoms with Crippen molar-refractivity contribution in [2.24, 2.45) is 0 Å². The van der Waals surface area contributed by atoms with Crippen molar-refractivity contribution in [3.63, 3.8) is 0 Å². The van der Waals surface area contributed by atoms with E-state index in [1.807, 2.05) is 0 Å². The molecular formula is C9H14BrN3O. The van der Waals surface area contributed by atoms with Crippen LogP contribution in [0, 0.1) is 0 Å². The number of aliphatic hydroxyl groups is 1. The highest BCUT2D eigenvalue weighted by atomic mass is 79.9. The standard InChI is InChI=1S/C9H14BrN3O/c1-7(14)3-2-4-11-9-12-5-8(10)6-13-9/h5-7,14H,2-4H2,1H3,(H,11,12,13). The van der Waals surface area contributed by atoms with E-state index in [0.29, 0.717) is 5.95 Å². The molecule has 0 aliphatic carbocycles. The molecule has 0 radical (unpaired) electrons. The van der Waals surface area contributed by atoms with Crippen LogP contribution >= 0.6 is 15.9 Å². The number of hydrogen-bond acceptors (Lipinski definition) is 4. The first kappa shape index (κ1) is 11.4. The monoisotopic (exact) mass is 259 g/mol. The van der Waals surface area contributed by atoms with Gasteiger partial charge in [-0.05, 0) is 35.7 Å². The van der Waals surface area contributed by atoms with Crippen LogP contribution in [0.15, 0.2) is 16.9 Å². The van der Waals surface area contributed by atoms with Crippen molar-refractivity contribution in [2.75, 3.05) is 11.9 Å². The Morgan fingerprint density at radius 1 is 1.50 bits per heavy atom. The Balaban J connectivity index is 2.21. The van der Waals surface area contributed by atoms with Gasteiger partial charge in [0.05, 0.1) is 10.6 Å². The van der Waals surface area contributed by atoms with Gasteiger partial charge in [0.15, 0.2) is 0 Å². The van der Waals surface area contributed by atoms with Gasteiger partial charge in [0.25, 0.3) is 0 Å². The van der Waals surface area contributed by atoms with E-state index in [1.165, 1.54) is 0 Å². The summed E-state index contributed by atoms with van der Waals surface area (Å²) < 4.78 is 0.868. The van der Waals surface area contributed by atoms with Crippen LogP contribution < -0.4 is 5.32 Å². The summed E-state index contributed by atoms with van der Waals surface area (Å²) in [5.74, 6) is 0.624. The molecule has 1 heterocycles. The van der Waals surface area contributed by atoms with Crippen LogP contribution in [0.2, 0.25) is 0 Å². The Hall–Kier alpha value is -0.680. The predicted octanol–water partition coefficient (Wildman–Crippen LogP) is 1.81. The van der Waals surface area contributed by atoms with E-state index in [9.17, 15) is 0 Å². The minimum Gasteiger partial charge on any atom is -0.393 e. The fourth-order valence-electron chi connectivity index (χ4n) is 1.00. The smallest absolute Gasteiger partial charge is 0.222 e. The van der Waals surface area contributed by atoms with Crippen LogP contribution in [0.1, 0.15) is 19.8 Å². The van der Waals surface area contributed by atoms with Crippen LogP contribution in [0.3, 0.4) is 0 Å². The number of nitrogens with one attached hydrogen (secondary N) is 1. The maximum absolute atomic E-state index is 9.02. The summed E-state index contributed by atoms with van der Waals surface area (Å²) in [6, 6.07) is 0. The summed E-state index contributed by atoms with van der Waals surface area (Å²) in [5.41, 5.74) is 0. The van der Waals surface area contributed by atoms with Gasteiger partial charge >= 0.3 is 0 Å². The van der Waals surface area contributed by atoms with E-state index in [2.05, 4.69) is 31.2 Å². The number of halogens is 1. The molecule has 1 rings (SSSR count). The van der Waals surface area contributed by atoms with Crippen molar-refractivity contribution >= 4 is 21.9 Å². The maximum Gasteiger partial charge on any atom is 0.222 e. The van der Waals surface area contributed by atoms with Gasteiger partial charge < -0.3 is 10.4 Å². The molecule has 1 aromatic heterocycles. The van der Waals surface area contributed by atoms with Gasteiger partial charge in [-0.2, -0.15) is 0 Å². The number of rotatable bonds is 5. The lowest BCUT2D eigenvalue weighted by molar-refractivity contribution is 0.183. The van der Waals surface area contributed by atoms with Gasteiger partial charge in [-0.3, -0.25) is 0 Å². The first-order valence-corrected chi connectivity index (χ1v) is 5.37. The van der Waals surface area contributed by atoms with Crippen molar-refractivity contribution in [3.8, 4) is 0 Å². The highest BCUT2D eigenvalue weighted by Gasteiger charge is 1.97. The molecule has 4 nitrogen and oxygen atoms in total. The van der Waals surface area contributed by atoms with Crippen molar-refractivity contribution in [1.82, 2.24) is 9.97 Å². The number of anilines is 1. The Morgan fingerprint density at radius 2 is 2.14 bits per heavy atom. The highest BCUT2D eigenvalue weighted by Crippen LogP contribution is 2.06. The number of hydrogen-bond donors (Lipinski definition) is 2. The van der Waals surface area contributed by atoms with Crippen LogP contribution in [0.5, 0.6) is 0 Å². The maximum atomic E-state index is 9.02. The molecule has 0 saturated carbocycles. The van der Waals surface area contributed by atoms with Crippen molar-refractivity contribution in [1.29, 1.82) is 0 Å². The lowest BCUT2D eigenvalue weighted by Gasteiger charge is -2.05. The molecule has 1 unspecified atom stereocenters. The van der Waals surface area contributed by atoms with Gasteiger partial charge in [0.1, 0.15) is 0 Å².